The van der Waals surface area contributed by atoms with Crippen LogP contribution in [0, 0.1) is 0 Å². The molecule has 2 bridgehead atoms. The smallest absolute Gasteiger partial charge is 0.0719 e. The molecule has 2 atom stereocenters. The number of fused-ring (bicyclic) bond motifs is 3. The van der Waals surface area contributed by atoms with E-state index in [4.69, 9.17) is 4.74 Å². The van der Waals surface area contributed by atoms with Crippen molar-refractivity contribution in [2.75, 3.05) is 13.2 Å². The van der Waals surface area contributed by atoms with Crippen molar-refractivity contribution in [1.29, 1.82) is 0 Å². The fraction of sp³-hybridized carbons (Fsp3) is 0.360. The Morgan fingerprint density at radius 1 is 0.821 bits per heavy atom. The highest BCUT2D eigenvalue weighted by molar-refractivity contribution is 5.83. The van der Waals surface area contributed by atoms with Crippen LogP contribution in [0.4, 0.5) is 0 Å². The molecule has 2 aliphatic rings. The molecule has 144 valence electrons. The number of benzene rings is 3. The Bertz CT molecular complexity index is 941. The summed E-state index contributed by atoms with van der Waals surface area (Å²) in [7, 11) is 0. The van der Waals surface area contributed by atoms with Crippen molar-refractivity contribution in [3.8, 4) is 0 Å². The van der Waals surface area contributed by atoms with E-state index in [1.165, 1.54) is 21.9 Å². The molecule has 3 heteroatoms. The number of ether oxygens (including phenoxy) is 1. The number of aliphatic hydroxyl groups is 1. The number of rotatable bonds is 4. The van der Waals surface area contributed by atoms with Gasteiger partial charge in [-0.05, 0) is 34.7 Å². The molecule has 28 heavy (non-hydrogen) atoms. The zero-order valence-electron chi connectivity index (χ0n) is 16.1. The second kappa shape index (κ2) is 7.32. The van der Waals surface area contributed by atoms with E-state index in [1.807, 2.05) is 0 Å². The molecule has 2 unspecified atom stereocenters. The Labute approximate surface area is 166 Å². The molecular formula is C25H27NO2. The highest BCUT2D eigenvalue weighted by Crippen LogP contribution is 2.37. The molecule has 3 aromatic rings. The van der Waals surface area contributed by atoms with Crippen LogP contribution in [0.25, 0.3) is 10.8 Å². The first-order valence-electron chi connectivity index (χ1n) is 10.3. The summed E-state index contributed by atoms with van der Waals surface area (Å²) in [6.45, 7) is 2.36. The van der Waals surface area contributed by atoms with Crippen LogP contribution in [0.1, 0.15) is 24.0 Å². The number of hydrogen-bond acceptors (Lipinski definition) is 3. The standard InChI is InChI=1S/C25H27NO2/c27-25(13-20-10-11-21-8-4-5-9-22(21)12-20)14-23-17-28-18-24(15-25)26(23)16-19-6-2-1-3-7-19/h1-12,23-24,27H,13-18H2. The molecule has 1 N–H and O–H groups in total. The monoisotopic (exact) mass is 373 g/mol. The van der Waals surface area contributed by atoms with Gasteiger partial charge in [0.15, 0.2) is 0 Å². The lowest BCUT2D eigenvalue weighted by Crippen LogP contribution is -2.61. The predicted molar refractivity (Wildman–Crippen MR) is 112 cm³/mol. The predicted octanol–water partition coefficient (Wildman–Crippen LogP) is 4.18. The molecule has 2 saturated heterocycles. The molecule has 2 aliphatic heterocycles. The topological polar surface area (TPSA) is 32.7 Å². The fourth-order valence-corrected chi connectivity index (χ4v) is 5.07. The molecule has 0 spiro atoms. The van der Waals surface area contributed by atoms with Gasteiger partial charge >= 0.3 is 0 Å². The molecule has 3 aromatic carbocycles. The highest BCUT2D eigenvalue weighted by atomic mass is 16.5. The van der Waals surface area contributed by atoms with Gasteiger partial charge in [-0.2, -0.15) is 0 Å². The normalized spacial score (nSPS) is 27.8. The van der Waals surface area contributed by atoms with Crippen LogP contribution < -0.4 is 0 Å². The van der Waals surface area contributed by atoms with Gasteiger partial charge in [-0.3, -0.25) is 4.90 Å². The molecular weight excluding hydrogens is 346 g/mol. The Kier molecular flexibility index (Phi) is 4.67. The van der Waals surface area contributed by atoms with Crippen LogP contribution in [0.3, 0.4) is 0 Å². The first-order valence-corrected chi connectivity index (χ1v) is 10.3. The molecule has 0 radical (unpaired) electrons. The van der Waals surface area contributed by atoms with Crippen molar-refractivity contribution in [3.05, 3.63) is 83.9 Å². The Hall–Kier alpha value is -2.20. The fourth-order valence-electron chi connectivity index (χ4n) is 5.07. The highest BCUT2D eigenvalue weighted by Gasteiger charge is 2.45. The van der Waals surface area contributed by atoms with E-state index >= 15 is 0 Å². The molecule has 2 heterocycles. The van der Waals surface area contributed by atoms with Crippen LogP contribution in [0.2, 0.25) is 0 Å². The summed E-state index contributed by atoms with van der Waals surface area (Å²) in [5.41, 5.74) is 1.89. The summed E-state index contributed by atoms with van der Waals surface area (Å²) in [4.78, 5) is 2.55. The zero-order chi connectivity index (χ0) is 19.0. The van der Waals surface area contributed by atoms with Gasteiger partial charge in [0.25, 0.3) is 0 Å². The van der Waals surface area contributed by atoms with Crippen LogP contribution in [-0.4, -0.2) is 40.9 Å². The minimum Gasteiger partial charge on any atom is -0.389 e. The minimum atomic E-state index is -0.658. The second-order valence-corrected chi connectivity index (χ2v) is 8.49. The second-order valence-electron chi connectivity index (χ2n) is 8.49. The van der Waals surface area contributed by atoms with Crippen molar-refractivity contribution >= 4 is 10.8 Å². The van der Waals surface area contributed by atoms with E-state index in [0.29, 0.717) is 19.6 Å². The Morgan fingerprint density at radius 2 is 1.50 bits per heavy atom. The Balaban J connectivity index is 1.35. The summed E-state index contributed by atoms with van der Waals surface area (Å²) in [6.07, 6.45) is 2.25. The number of piperidine rings is 1. The van der Waals surface area contributed by atoms with Gasteiger partial charge < -0.3 is 9.84 Å². The van der Waals surface area contributed by atoms with E-state index in [2.05, 4.69) is 77.7 Å². The quantitative estimate of drug-likeness (QED) is 0.745. The Morgan fingerprint density at radius 3 is 2.25 bits per heavy atom. The van der Waals surface area contributed by atoms with Gasteiger partial charge in [0.05, 0.1) is 18.8 Å². The van der Waals surface area contributed by atoms with Crippen LogP contribution >= 0.6 is 0 Å². The lowest BCUT2D eigenvalue weighted by molar-refractivity contribution is -0.145. The van der Waals surface area contributed by atoms with Crippen molar-refractivity contribution in [2.24, 2.45) is 0 Å². The van der Waals surface area contributed by atoms with Gasteiger partial charge in [0, 0.05) is 25.0 Å². The van der Waals surface area contributed by atoms with Crippen molar-refractivity contribution in [3.63, 3.8) is 0 Å². The third-order valence-electron chi connectivity index (χ3n) is 6.34. The van der Waals surface area contributed by atoms with Crippen LogP contribution in [0.5, 0.6) is 0 Å². The minimum absolute atomic E-state index is 0.276. The van der Waals surface area contributed by atoms with E-state index in [0.717, 1.165) is 19.4 Å². The third kappa shape index (κ3) is 3.58. The number of hydrogen-bond donors (Lipinski definition) is 1. The van der Waals surface area contributed by atoms with Gasteiger partial charge in [0.1, 0.15) is 0 Å². The molecule has 0 amide bonds. The molecule has 5 rings (SSSR count). The molecule has 2 fully saturated rings. The zero-order valence-corrected chi connectivity index (χ0v) is 16.1. The van der Waals surface area contributed by atoms with Gasteiger partial charge in [-0.25, -0.2) is 0 Å². The van der Waals surface area contributed by atoms with Crippen LogP contribution in [-0.2, 0) is 17.7 Å². The van der Waals surface area contributed by atoms with Crippen molar-refractivity contribution < 1.29 is 9.84 Å². The summed E-state index contributed by atoms with van der Waals surface area (Å²) < 4.78 is 5.85. The maximum atomic E-state index is 11.5. The molecule has 0 aromatic heterocycles. The van der Waals surface area contributed by atoms with Gasteiger partial charge in [0.2, 0.25) is 0 Å². The first-order chi connectivity index (χ1) is 13.7. The maximum absolute atomic E-state index is 11.5. The molecule has 0 saturated carbocycles. The van der Waals surface area contributed by atoms with Crippen molar-refractivity contribution in [2.45, 2.75) is 43.5 Å². The van der Waals surface area contributed by atoms with Gasteiger partial charge in [-0.1, -0.05) is 72.8 Å². The van der Waals surface area contributed by atoms with E-state index < -0.39 is 5.60 Å². The average molecular weight is 373 g/mol. The number of nitrogens with zero attached hydrogens (tertiary/aromatic N) is 1. The largest absolute Gasteiger partial charge is 0.389 e. The average Bonchev–Trinajstić information content (AvgIpc) is 2.69. The molecule has 0 aliphatic carbocycles. The van der Waals surface area contributed by atoms with Gasteiger partial charge in [-0.15, -0.1) is 0 Å². The lowest BCUT2D eigenvalue weighted by Gasteiger charge is -2.52. The van der Waals surface area contributed by atoms with Crippen molar-refractivity contribution in [1.82, 2.24) is 4.90 Å². The van der Waals surface area contributed by atoms with E-state index in [9.17, 15) is 5.11 Å². The number of morpholine rings is 1. The first kappa shape index (κ1) is 17.9. The summed E-state index contributed by atoms with van der Waals surface area (Å²) in [6, 6.07) is 26.2. The summed E-state index contributed by atoms with van der Waals surface area (Å²) in [5, 5.41) is 14.0. The third-order valence-corrected chi connectivity index (χ3v) is 6.34. The SMILES string of the molecule is OC1(Cc2ccc3ccccc3c2)CC2COCC(C1)N2Cc1ccccc1. The summed E-state index contributed by atoms with van der Waals surface area (Å²) >= 11 is 0. The van der Waals surface area contributed by atoms with Crippen LogP contribution in [0.15, 0.2) is 72.8 Å². The molecule has 3 nitrogen and oxygen atoms in total. The van der Waals surface area contributed by atoms with E-state index in [-0.39, 0.29) is 12.1 Å². The summed E-state index contributed by atoms with van der Waals surface area (Å²) in [5.74, 6) is 0. The maximum Gasteiger partial charge on any atom is 0.0719 e. The lowest BCUT2D eigenvalue weighted by atomic mass is 9.77. The van der Waals surface area contributed by atoms with E-state index in [1.54, 1.807) is 0 Å².